The molecule has 1 unspecified atom stereocenters. The molecule has 1 heterocycles. The van der Waals surface area contributed by atoms with Crippen LogP contribution in [0.3, 0.4) is 0 Å². The lowest BCUT2D eigenvalue weighted by atomic mass is 9.98. The second-order valence-corrected chi connectivity index (χ2v) is 5.50. The summed E-state index contributed by atoms with van der Waals surface area (Å²) >= 11 is 6.16. The SMILES string of the molecule is CCC1CCCN(c2cccc(Cl)c2CO)CC1. The van der Waals surface area contributed by atoms with Crippen LogP contribution in [0.2, 0.25) is 5.02 Å². The van der Waals surface area contributed by atoms with Gasteiger partial charge in [0, 0.05) is 29.4 Å². The Balaban J connectivity index is 2.18. The molecule has 0 radical (unpaired) electrons. The fraction of sp³-hybridized carbons (Fsp3) is 0.600. The largest absolute Gasteiger partial charge is 0.392 e. The molecule has 1 aromatic rings. The highest BCUT2D eigenvalue weighted by Crippen LogP contribution is 2.30. The second kappa shape index (κ2) is 6.44. The van der Waals surface area contributed by atoms with E-state index in [1.54, 1.807) is 0 Å². The number of hydrogen-bond acceptors (Lipinski definition) is 2. The third-order valence-electron chi connectivity index (χ3n) is 4.02. The van der Waals surface area contributed by atoms with Gasteiger partial charge in [-0.15, -0.1) is 0 Å². The smallest absolute Gasteiger partial charge is 0.0716 e. The molecule has 1 aliphatic heterocycles. The first kappa shape index (κ1) is 13.7. The van der Waals surface area contributed by atoms with Crippen molar-refractivity contribution >= 4 is 17.3 Å². The minimum absolute atomic E-state index is 0.0166. The van der Waals surface area contributed by atoms with Crippen LogP contribution >= 0.6 is 11.6 Å². The number of hydrogen-bond donors (Lipinski definition) is 1. The lowest BCUT2D eigenvalue weighted by molar-refractivity contribution is 0.282. The van der Waals surface area contributed by atoms with E-state index < -0.39 is 0 Å². The van der Waals surface area contributed by atoms with Gasteiger partial charge in [-0.05, 0) is 37.3 Å². The topological polar surface area (TPSA) is 23.5 Å². The van der Waals surface area contributed by atoms with E-state index in [1.807, 2.05) is 12.1 Å². The highest BCUT2D eigenvalue weighted by atomic mass is 35.5. The molecule has 2 rings (SSSR count). The Hall–Kier alpha value is -0.730. The normalized spacial score (nSPS) is 20.8. The Bertz CT molecular complexity index is 394. The predicted molar refractivity (Wildman–Crippen MR) is 77.2 cm³/mol. The molecule has 0 saturated carbocycles. The number of anilines is 1. The molecule has 1 fully saturated rings. The molecule has 1 aromatic carbocycles. The highest BCUT2D eigenvalue weighted by molar-refractivity contribution is 6.31. The van der Waals surface area contributed by atoms with Crippen LogP contribution in [-0.4, -0.2) is 18.2 Å². The molecule has 1 saturated heterocycles. The zero-order chi connectivity index (χ0) is 13.0. The van der Waals surface area contributed by atoms with E-state index >= 15 is 0 Å². The van der Waals surface area contributed by atoms with Crippen molar-refractivity contribution in [3.8, 4) is 0 Å². The summed E-state index contributed by atoms with van der Waals surface area (Å²) in [5.41, 5.74) is 1.98. The van der Waals surface area contributed by atoms with E-state index in [9.17, 15) is 5.11 Å². The standard InChI is InChI=1S/C15H22ClNO/c1-2-12-5-4-9-17(10-8-12)15-7-3-6-14(16)13(15)11-18/h3,6-7,12,18H,2,4-5,8-11H2,1H3. The molecule has 3 heteroatoms. The van der Waals surface area contributed by atoms with E-state index in [4.69, 9.17) is 11.6 Å². The van der Waals surface area contributed by atoms with Crippen LogP contribution in [0.5, 0.6) is 0 Å². The first-order valence-corrected chi connectivity index (χ1v) is 7.27. The van der Waals surface area contributed by atoms with E-state index in [0.717, 1.165) is 30.3 Å². The second-order valence-electron chi connectivity index (χ2n) is 5.09. The van der Waals surface area contributed by atoms with Gasteiger partial charge in [0.05, 0.1) is 6.61 Å². The summed E-state index contributed by atoms with van der Waals surface area (Å²) in [6.07, 6.45) is 5.07. The molecule has 1 atom stereocenters. The number of aliphatic hydroxyl groups is 1. The van der Waals surface area contributed by atoms with Crippen LogP contribution in [0.4, 0.5) is 5.69 Å². The maximum Gasteiger partial charge on any atom is 0.0716 e. The van der Waals surface area contributed by atoms with Crippen molar-refractivity contribution in [3.63, 3.8) is 0 Å². The van der Waals surface area contributed by atoms with Gasteiger partial charge in [0.25, 0.3) is 0 Å². The van der Waals surface area contributed by atoms with Crippen LogP contribution in [0.1, 0.15) is 38.2 Å². The maximum atomic E-state index is 9.49. The van der Waals surface area contributed by atoms with Gasteiger partial charge in [-0.3, -0.25) is 0 Å². The minimum Gasteiger partial charge on any atom is -0.392 e. The van der Waals surface area contributed by atoms with Crippen LogP contribution in [0.15, 0.2) is 18.2 Å². The molecule has 0 bridgehead atoms. The summed E-state index contributed by atoms with van der Waals surface area (Å²) in [5, 5.41) is 10.2. The van der Waals surface area contributed by atoms with E-state index in [2.05, 4.69) is 17.9 Å². The number of nitrogens with zero attached hydrogens (tertiary/aromatic N) is 1. The lowest BCUT2D eigenvalue weighted by Gasteiger charge is -2.25. The molecule has 0 aromatic heterocycles. The average Bonchev–Trinajstić information content (AvgIpc) is 2.63. The maximum absolute atomic E-state index is 9.49. The third-order valence-corrected chi connectivity index (χ3v) is 4.37. The van der Waals surface area contributed by atoms with Crippen molar-refractivity contribution in [1.29, 1.82) is 0 Å². The monoisotopic (exact) mass is 267 g/mol. The number of benzene rings is 1. The third kappa shape index (κ3) is 2.99. The van der Waals surface area contributed by atoms with Gasteiger partial charge in [0.1, 0.15) is 0 Å². The summed E-state index contributed by atoms with van der Waals surface area (Å²) in [5.74, 6) is 0.853. The Labute approximate surface area is 115 Å². The zero-order valence-corrected chi connectivity index (χ0v) is 11.8. The van der Waals surface area contributed by atoms with Crippen molar-refractivity contribution in [1.82, 2.24) is 0 Å². The van der Waals surface area contributed by atoms with Gasteiger partial charge in [-0.2, -0.15) is 0 Å². The van der Waals surface area contributed by atoms with Crippen molar-refractivity contribution in [2.75, 3.05) is 18.0 Å². The summed E-state index contributed by atoms with van der Waals surface area (Å²) in [7, 11) is 0. The quantitative estimate of drug-likeness (QED) is 0.899. The summed E-state index contributed by atoms with van der Waals surface area (Å²) in [4.78, 5) is 2.38. The zero-order valence-electron chi connectivity index (χ0n) is 11.0. The summed E-state index contributed by atoms with van der Waals surface area (Å²) < 4.78 is 0. The minimum atomic E-state index is 0.0166. The molecule has 2 nitrogen and oxygen atoms in total. The fourth-order valence-electron chi connectivity index (χ4n) is 2.81. The molecule has 0 spiro atoms. The predicted octanol–water partition coefficient (Wildman–Crippen LogP) is 3.85. The first-order chi connectivity index (χ1) is 8.76. The van der Waals surface area contributed by atoms with Gasteiger partial charge in [0.15, 0.2) is 0 Å². The molecule has 0 amide bonds. The Kier molecular flexibility index (Phi) is 4.90. The molecule has 0 aliphatic carbocycles. The van der Waals surface area contributed by atoms with Crippen molar-refractivity contribution in [2.24, 2.45) is 5.92 Å². The van der Waals surface area contributed by atoms with Crippen LogP contribution in [0.25, 0.3) is 0 Å². The molecule has 18 heavy (non-hydrogen) atoms. The van der Waals surface area contributed by atoms with Gasteiger partial charge in [-0.1, -0.05) is 31.0 Å². The van der Waals surface area contributed by atoms with E-state index in [0.29, 0.717) is 5.02 Å². The molecule has 100 valence electrons. The van der Waals surface area contributed by atoms with Gasteiger partial charge in [0.2, 0.25) is 0 Å². The summed E-state index contributed by atoms with van der Waals surface area (Å²) in [6, 6.07) is 5.89. The number of rotatable bonds is 3. The molecule has 1 aliphatic rings. The van der Waals surface area contributed by atoms with E-state index in [1.165, 1.54) is 25.7 Å². The molecular formula is C15H22ClNO. The Morgan fingerprint density at radius 3 is 2.89 bits per heavy atom. The summed E-state index contributed by atoms with van der Waals surface area (Å²) in [6.45, 7) is 4.44. The number of aliphatic hydroxyl groups excluding tert-OH is 1. The number of halogens is 1. The first-order valence-electron chi connectivity index (χ1n) is 6.89. The van der Waals surface area contributed by atoms with Crippen LogP contribution < -0.4 is 4.90 Å². The fourth-order valence-corrected chi connectivity index (χ4v) is 3.04. The van der Waals surface area contributed by atoms with Gasteiger partial charge in [-0.25, -0.2) is 0 Å². The molecule has 1 N–H and O–H groups in total. The van der Waals surface area contributed by atoms with Gasteiger partial charge >= 0.3 is 0 Å². The highest BCUT2D eigenvalue weighted by Gasteiger charge is 2.18. The lowest BCUT2D eigenvalue weighted by Crippen LogP contribution is -2.25. The molecular weight excluding hydrogens is 246 g/mol. The van der Waals surface area contributed by atoms with Crippen molar-refractivity contribution < 1.29 is 5.11 Å². The van der Waals surface area contributed by atoms with Gasteiger partial charge < -0.3 is 10.0 Å². The van der Waals surface area contributed by atoms with Crippen molar-refractivity contribution in [2.45, 2.75) is 39.2 Å². The van der Waals surface area contributed by atoms with Crippen LogP contribution in [-0.2, 0) is 6.61 Å². The van der Waals surface area contributed by atoms with E-state index in [-0.39, 0.29) is 6.61 Å². The van der Waals surface area contributed by atoms with Crippen LogP contribution in [0, 0.1) is 5.92 Å². The Morgan fingerprint density at radius 1 is 1.33 bits per heavy atom. The Morgan fingerprint density at radius 2 is 2.17 bits per heavy atom. The average molecular weight is 268 g/mol. The van der Waals surface area contributed by atoms with Crippen molar-refractivity contribution in [3.05, 3.63) is 28.8 Å².